The third-order valence-electron chi connectivity index (χ3n) is 3.28. The molecule has 0 aliphatic carbocycles. The van der Waals surface area contributed by atoms with Gasteiger partial charge in [0.1, 0.15) is 5.75 Å². The number of urea groups is 1. The quantitative estimate of drug-likeness (QED) is 0.752. The Morgan fingerprint density at radius 1 is 1.23 bits per heavy atom. The molecule has 7 heteroatoms. The zero-order valence-corrected chi connectivity index (χ0v) is 14.6. The molecule has 0 heterocycles. The summed E-state index contributed by atoms with van der Waals surface area (Å²) in [6.07, 6.45) is 1.86. The van der Waals surface area contributed by atoms with Gasteiger partial charge >= 0.3 is 16.1 Å². The average molecular weight is 328 g/mol. The third-order valence-corrected chi connectivity index (χ3v) is 3.77. The molecule has 0 aliphatic rings. The van der Waals surface area contributed by atoms with Crippen LogP contribution in [-0.4, -0.2) is 50.6 Å². The lowest BCUT2D eigenvalue weighted by molar-refractivity contribution is 0.148. The third kappa shape index (κ3) is 5.55. The van der Waals surface area contributed by atoms with Crippen molar-refractivity contribution in [2.45, 2.75) is 32.9 Å². The molecule has 0 aliphatic heterocycles. The zero-order valence-electron chi connectivity index (χ0n) is 13.7. The predicted octanol–water partition coefficient (Wildman–Crippen LogP) is 2.31. The zero-order chi connectivity index (χ0) is 16.9. The largest absolute Gasteiger partial charge is 0.383 e. The van der Waals surface area contributed by atoms with Gasteiger partial charge in [0.05, 0.1) is 6.26 Å². The van der Waals surface area contributed by atoms with Crippen molar-refractivity contribution in [2.24, 2.45) is 0 Å². The fraction of sp³-hybridized carbons (Fsp3) is 0.533. The van der Waals surface area contributed by atoms with Gasteiger partial charge in [-0.25, -0.2) is 4.79 Å². The highest BCUT2D eigenvalue weighted by Crippen LogP contribution is 2.17. The van der Waals surface area contributed by atoms with Crippen LogP contribution in [0.2, 0.25) is 0 Å². The predicted molar refractivity (Wildman–Crippen MR) is 86.3 cm³/mol. The Kier molecular flexibility index (Phi) is 6.22. The molecular weight excluding hydrogens is 304 g/mol. The van der Waals surface area contributed by atoms with Crippen molar-refractivity contribution >= 4 is 16.1 Å². The Labute approximate surface area is 132 Å². The first-order valence-corrected chi connectivity index (χ1v) is 8.92. The van der Waals surface area contributed by atoms with Crippen molar-refractivity contribution in [1.82, 2.24) is 9.80 Å². The average Bonchev–Trinajstić information content (AvgIpc) is 2.43. The Balaban J connectivity index is 2.88. The van der Waals surface area contributed by atoms with Gasteiger partial charge in [0.25, 0.3) is 0 Å². The number of hydrogen-bond donors (Lipinski definition) is 0. The van der Waals surface area contributed by atoms with E-state index in [0.717, 1.165) is 18.2 Å². The molecule has 6 nitrogen and oxygen atoms in total. The minimum Gasteiger partial charge on any atom is -0.383 e. The van der Waals surface area contributed by atoms with Crippen molar-refractivity contribution in [3.8, 4) is 5.75 Å². The van der Waals surface area contributed by atoms with Crippen molar-refractivity contribution in [1.29, 1.82) is 0 Å². The summed E-state index contributed by atoms with van der Waals surface area (Å²) in [7, 11) is -0.0804. The molecule has 0 saturated carbocycles. The van der Waals surface area contributed by atoms with Crippen molar-refractivity contribution in [3.63, 3.8) is 0 Å². The van der Waals surface area contributed by atoms with Gasteiger partial charge in [-0.3, -0.25) is 0 Å². The highest BCUT2D eigenvalue weighted by molar-refractivity contribution is 7.86. The molecule has 0 unspecified atom stereocenters. The lowest BCUT2D eigenvalue weighted by atomic mass is 10.1. The summed E-state index contributed by atoms with van der Waals surface area (Å²) < 4.78 is 26.9. The van der Waals surface area contributed by atoms with Gasteiger partial charge in [-0.2, -0.15) is 8.42 Å². The summed E-state index contributed by atoms with van der Waals surface area (Å²) in [6, 6.07) is 6.77. The van der Waals surface area contributed by atoms with Crippen molar-refractivity contribution < 1.29 is 17.4 Å². The molecule has 1 aromatic rings. The maximum absolute atomic E-state index is 12.3. The van der Waals surface area contributed by atoms with E-state index in [1.165, 1.54) is 0 Å². The molecule has 1 aromatic carbocycles. The molecular formula is C15H24N2O4S. The molecule has 0 bridgehead atoms. The first kappa shape index (κ1) is 18.3. The van der Waals surface area contributed by atoms with Crippen LogP contribution in [-0.2, 0) is 16.7 Å². The maximum Gasteiger partial charge on any atom is 0.320 e. The van der Waals surface area contributed by atoms with E-state index in [1.807, 2.05) is 13.8 Å². The Morgan fingerprint density at radius 2 is 1.77 bits per heavy atom. The molecule has 0 radical (unpaired) electrons. The monoisotopic (exact) mass is 328 g/mol. The van der Waals surface area contributed by atoms with Gasteiger partial charge in [0.15, 0.2) is 0 Å². The summed E-state index contributed by atoms with van der Waals surface area (Å²) in [6.45, 7) is 4.50. The Hall–Kier alpha value is -1.76. The van der Waals surface area contributed by atoms with Crippen LogP contribution in [0.5, 0.6) is 5.75 Å². The summed E-state index contributed by atoms with van der Waals surface area (Å²) in [5.41, 5.74) is 0.913. The maximum atomic E-state index is 12.3. The van der Waals surface area contributed by atoms with Crippen LogP contribution in [0, 0.1) is 0 Å². The van der Waals surface area contributed by atoms with E-state index in [-0.39, 0.29) is 17.8 Å². The normalized spacial score (nSPS) is 12.6. The van der Waals surface area contributed by atoms with E-state index >= 15 is 0 Å². The van der Waals surface area contributed by atoms with E-state index in [1.54, 1.807) is 48.2 Å². The molecule has 1 rings (SSSR count). The van der Waals surface area contributed by atoms with Crippen LogP contribution in [0.15, 0.2) is 24.3 Å². The fourth-order valence-corrected chi connectivity index (χ4v) is 2.37. The van der Waals surface area contributed by atoms with E-state index in [2.05, 4.69) is 0 Å². The molecule has 22 heavy (non-hydrogen) atoms. The molecule has 0 N–H and O–H groups in total. The van der Waals surface area contributed by atoms with Crippen LogP contribution >= 0.6 is 0 Å². The molecule has 2 amide bonds. The number of benzene rings is 1. The SMILES string of the molecule is CC[C@@H](C)N(Cc1ccc(OS(C)(=O)=O)cc1)C(=O)N(C)C. The van der Waals surface area contributed by atoms with Crippen LogP contribution in [0.1, 0.15) is 25.8 Å². The molecule has 0 saturated heterocycles. The minimum atomic E-state index is -3.53. The molecule has 0 spiro atoms. The number of rotatable bonds is 6. The minimum absolute atomic E-state index is 0.0502. The Bertz CT molecular complexity index is 596. The first-order valence-electron chi connectivity index (χ1n) is 7.10. The summed E-state index contributed by atoms with van der Waals surface area (Å²) in [4.78, 5) is 15.6. The topological polar surface area (TPSA) is 66.9 Å². The standard InChI is InChI=1S/C15H24N2O4S/c1-6-12(2)17(15(18)16(3)4)11-13-7-9-14(10-8-13)21-22(5,19)20/h7-10,12H,6,11H2,1-5H3/t12-/m1/s1. The highest BCUT2D eigenvalue weighted by Gasteiger charge is 2.20. The number of hydrogen-bond acceptors (Lipinski definition) is 4. The number of amides is 2. The first-order chi connectivity index (χ1) is 10.1. The van der Waals surface area contributed by atoms with E-state index in [9.17, 15) is 13.2 Å². The van der Waals surface area contributed by atoms with E-state index in [4.69, 9.17) is 4.18 Å². The van der Waals surface area contributed by atoms with Gasteiger partial charge < -0.3 is 14.0 Å². The van der Waals surface area contributed by atoms with Gasteiger partial charge in [0, 0.05) is 26.7 Å². The number of nitrogens with zero attached hydrogens (tertiary/aromatic N) is 2. The summed E-state index contributed by atoms with van der Waals surface area (Å²) in [5, 5.41) is 0. The van der Waals surface area contributed by atoms with Crippen LogP contribution in [0.4, 0.5) is 4.79 Å². The van der Waals surface area contributed by atoms with Crippen molar-refractivity contribution in [2.75, 3.05) is 20.4 Å². The number of carbonyl (C=O) groups excluding carboxylic acids is 1. The second-order valence-electron chi connectivity index (χ2n) is 5.49. The highest BCUT2D eigenvalue weighted by atomic mass is 32.2. The molecule has 0 aromatic heterocycles. The second kappa shape index (κ2) is 7.49. The molecule has 0 fully saturated rings. The van der Waals surface area contributed by atoms with Gasteiger partial charge in [-0.1, -0.05) is 19.1 Å². The lowest BCUT2D eigenvalue weighted by Gasteiger charge is -2.31. The smallest absolute Gasteiger partial charge is 0.320 e. The van der Waals surface area contributed by atoms with Gasteiger partial charge in [-0.05, 0) is 31.0 Å². The lowest BCUT2D eigenvalue weighted by Crippen LogP contribution is -2.43. The van der Waals surface area contributed by atoms with Crippen LogP contribution in [0.25, 0.3) is 0 Å². The summed E-state index contributed by atoms with van der Waals surface area (Å²) >= 11 is 0. The van der Waals surface area contributed by atoms with Crippen LogP contribution in [0.3, 0.4) is 0 Å². The fourth-order valence-electron chi connectivity index (χ4n) is 1.91. The Morgan fingerprint density at radius 3 is 2.18 bits per heavy atom. The van der Waals surface area contributed by atoms with E-state index < -0.39 is 10.1 Å². The molecule has 1 atom stereocenters. The van der Waals surface area contributed by atoms with E-state index in [0.29, 0.717) is 6.54 Å². The van der Waals surface area contributed by atoms with Crippen LogP contribution < -0.4 is 4.18 Å². The van der Waals surface area contributed by atoms with Gasteiger partial charge in [-0.15, -0.1) is 0 Å². The summed E-state index contributed by atoms with van der Waals surface area (Å²) in [5.74, 6) is 0.264. The van der Waals surface area contributed by atoms with Crippen molar-refractivity contribution in [3.05, 3.63) is 29.8 Å². The van der Waals surface area contributed by atoms with Gasteiger partial charge in [0.2, 0.25) is 0 Å². The molecule has 124 valence electrons. The number of carbonyl (C=O) groups is 1. The second-order valence-corrected chi connectivity index (χ2v) is 7.07.